The van der Waals surface area contributed by atoms with Gasteiger partial charge in [0.05, 0.1) is 0 Å². The molecular formula is C17H22N4O2. The molecule has 2 fully saturated rings. The molecule has 1 aromatic heterocycles. The van der Waals surface area contributed by atoms with Crippen LogP contribution in [0.5, 0.6) is 0 Å². The summed E-state index contributed by atoms with van der Waals surface area (Å²) in [4.78, 5) is 16.9. The molecule has 0 spiro atoms. The maximum absolute atomic E-state index is 12.4. The maximum Gasteiger partial charge on any atom is 0.242 e. The fraction of sp³-hybridized carbons (Fsp3) is 0.529. The van der Waals surface area contributed by atoms with Crippen molar-refractivity contribution in [1.82, 2.24) is 15.8 Å². The number of carbonyl (C=O) groups excluding carboxylic acids is 1. The van der Waals surface area contributed by atoms with E-state index in [0.717, 1.165) is 41.9 Å². The molecule has 6 heteroatoms. The zero-order chi connectivity index (χ0) is 16.0. The molecule has 2 aromatic rings. The molecule has 1 saturated heterocycles. The zero-order valence-corrected chi connectivity index (χ0v) is 13.4. The maximum atomic E-state index is 12.4. The van der Waals surface area contributed by atoms with E-state index in [1.165, 1.54) is 0 Å². The van der Waals surface area contributed by atoms with Crippen LogP contribution in [0.1, 0.15) is 44.9 Å². The van der Waals surface area contributed by atoms with Crippen molar-refractivity contribution < 1.29 is 9.21 Å². The molecule has 1 aliphatic carbocycles. The van der Waals surface area contributed by atoms with Gasteiger partial charge in [0.1, 0.15) is 11.6 Å². The first-order valence-electron chi connectivity index (χ1n) is 8.32. The first-order valence-corrected chi connectivity index (χ1v) is 8.32. The Morgan fingerprint density at radius 2 is 2.17 bits per heavy atom. The van der Waals surface area contributed by atoms with Crippen molar-refractivity contribution >= 4 is 22.7 Å². The highest BCUT2D eigenvalue weighted by Gasteiger charge is 2.31. The van der Waals surface area contributed by atoms with E-state index < -0.39 is 0 Å². The number of amides is 1. The Labute approximate surface area is 135 Å². The summed E-state index contributed by atoms with van der Waals surface area (Å²) in [6, 6.07) is 5.73. The lowest BCUT2D eigenvalue weighted by Gasteiger charge is -2.12. The number of hydrazine groups is 1. The molecule has 3 N–H and O–H groups in total. The number of carbonyl (C=O) groups is 1. The van der Waals surface area contributed by atoms with Crippen LogP contribution in [0.4, 0.5) is 5.69 Å². The third-order valence-electron chi connectivity index (χ3n) is 4.65. The monoisotopic (exact) mass is 314 g/mol. The standard InChI is InChI=1S/C17H22N4O2/c1-9(2)12-8-14(21-20-12)16(22)18-11-5-6-15-13(7-11)19-17(23-15)10-3-4-10/h5-7,9-10,12,14,20-21H,3-4,8H2,1-2H3,(H,18,22). The average Bonchev–Trinajstić information content (AvgIpc) is 3.10. The van der Waals surface area contributed by atoms with Gasteiger partial charge < -0.3 is 9.73 Å². The van der Waals surface area contributed by atoms with Crippen molar-refractivity contribution in [3.63, 3.8) is 0 Å². The summed E-state index contributed by atoms with van der Waals surface area (Å²) in [5, 5.41) is 2.97. The largest absolute Gasteiger partial charge is 0.440 e. The van der Waals surface area contributed by atoms with Crippen molar-refractivity contribution in [3.8, 4) is 0 Å². The molecule has 23 heavy (non-hydrogen) atoms. The molecule has 0 radical (unpaired) electrons. The van der Waals surface area contributed by atoms with Crippen molar-refractivity contribution in [2.45, 2.75) is 51.1 Å². The SMILES string of the molecule is CC(C)C1CC(C(=O)Nc2ccc3oc(C4CC4)nc3c2)NN1. The minimum atomic E-state index is -0.211. The molecule has 1 aromatic carbocycles. The first-order chi connectivity index (χ1) is 11.1. The van der Waals surface area contributed by atoms with Crippen LogP contribution in [0, 0.1) is 5.92 Å². The number of benzene rings is 1. The molecule has 122 valence electrons. The van der Waals surface area contributed by atoms with Gasteiger partial charge in [-0.3, -0.25) is 10.2 Å². The molecule has 2 heterocycles. The summed E-state index contributed by atoms with van der Waals surface area (Å²) >= 11 is 0. The van der Waals surface area contributed by atoms with Gasteiger partial charge in [0, 0.05) is 17.6 Å². The van der Waals surface area contributed by atoms with Crippen molar-refractivity contribution in [2.24, 2.45) is 5.92 Å². The van der Waals surface area contributed by atoms with E-state index in [-0.39, 0.29) is 11.9 Å². The molecule has 2 atom stereocenters. The van der Waals surface area contributed by atoms with Crippen molar-refractivity contribution in [2.75, 3.05) is 5.32 Å². The number of fused-ring (bicyclic) bond motifs is 1. The summed E-state index contributed by atoms with van der Waals surface area (Å²) in [5.74, 6) is 1.78. The van der Waals surface area contributed by atoms with E-state index in [0.29, 0.717) is 17.9 Å². The summed E-state index contributed by atoms with van der Waals surface area (Å²) < 4.78 is 5.75. The van der Waals surface area contributed by atoms with Crippen molar-refractivity contribution in [1.29, 1.82) is 0 Å². The normalized spacial score (nSPS) is 24.5. The molecule has 0 bridgehead atoms. The fourth-order valence-electron chi connectivity index (χ4n) is 2.95. The Kier molecular flexibility index (Phi) is 3.58. The third kappa shape index (κ3) is 2.96. The predicted molar refractivity (Wildman–Crippen MR) is 87.9 cm³/mol. The Morgan fingerprint density at radius 1 is 1.35 bits per heavy atom. The van der Waals surface area contributed by atoms with Gasteiger partial charge >= 0.3 is 0 Å². The number of hydrogen-bond donors (Lipinski definition) is 3. The smallest absolute Gasteiger partial charge is 0.242 e. The number of hydrogen-bond acceptors (Lipinski definition) is 5. The molecule has 4 rings (SSSR count). The van der Waals surface area contributed by atoms with Gasteiger partial charge in [-0.05, 0) is 43.4 Å². The Balaban J connectivity index is 1.45. The number of nitrogens with zero attached hydrogens (tertiary/aromatic N) is 1. The molecule has 2 aliphatic rings. The van der Waals surface area contributed by atoms with Crippen LogP contribution < -0.4 is 16.2 Å². The molecule has 1 amide bonds. The molecule has 1 saturated carbocycles. The van der Waals surface area contributed by atoms with E-state index in [2.05, 4.69) is 35.0 Å². The van der Waals surface area contributed by atoms with Crippen LogP contribution in [-0.2, 0) is 4.79 Å². The van der Waals surface area contributed by atoms with Crippen LogP contribution in [0.15, 0.2) is 22.6 Å². The highest BCUT2D eigenvalue weighted by molar-refractivity contribution is 5.96. The highest BCUT2D eigenvalue weighted by atomic mass is 16.3. The lowest BCUT2D eigenvalue weighted by atomic mass is 9.99. The second-order valence-corrected chi connectivity index (χ2v) is 6.93. The minimum absolute atomic E-state index is 0.0223. The lowest BCUT2D eigenvalue weighted by Crippen LogP contribution is -2.40. The Bertz CT molecular complexity index is 735. The van der Waals surface area contributed by atoms with E-state index >= 15 is 0 Å². The Hall–Kier alpha value is -1.92. The van der Waals surface area contributed by atoms with Crippen molar-refractivity contribution in [3.05, 3.63) is 24.1 Å². The van der Waals surface area contributed by atoms with Crippen LogP contribution in [0.3, 0.4) is 0 Å². The molecule has 1 aliphatic heterocycles. The lowest BCUT2D eigenvalue weighted by molar-refractivity contribution is -0.117. The second kappa shape index (κ2) is 5.62. The van der Waals surface area contributed by atoms with Gasteiger partial charge in [-0.1, -0.05) is 13.8 Å². The van der Waals surface area contributed by atoms with Gasteiger partial charge in [0.2, 0.25) is 5.91 Å². The number of rotatable bonds is 4. The van der Waals surface area contributed by atoms with Crippen LogP contribution in [0.25, 0.3) is 11.1 Å². The van der Waals surface area contributed by atoms with E-state index in [4.69, 9.17) is 4.42 Å². The van der Waals surface area contributed by atoms with Crippen LogP contribution >= 0.6 is 0 Å². The average molecular weight is 314 g/mol. The summed E-state index contributed by atoms with van der Waals surface area (Å²) in [6.07, 6.45) is 3.11. The molecular weight excluding hydrogens is 292 g/mol. The Morgan fingerprint density at radius 3 is 2.87 bits per heavy atom. The topological polar surface area (TPSA) is 79.2 Å². The second-order valence-electron chi connectivity index (χ2n) is 6.93. The van der Waals surface area contributed by atoms with Gasteiger partial charge in [0.15, 0.2) is 11.5 Å². The summed E-state index contributed by atoms with van der Waals surface area (Å²) in [7, 11) is 0. The van der Waals surface area contributed by atoms with Gasteiger partial charge in [-0.25, -0.2) is 10.4 Å². The van der Waals surface area contributed by atoms with Gasteiger partial charge in [-0.15, -0.1) is 0 Å². The van der Waals surface area contributed by atoms with E-state index in [1.54, 1.807) is 0 Å². The van der Waals surface area contributed by atoms with Crippen LogP contribution in [-0.4, -0.2) is 23.0 Å². The van der Waals surface area contributed by atoms with Crippen LogP contribution in [0.2, 0.25) is 0 Å². The van der Waals surface area contributed by atoms with Gasteiger partial charge in [-0.2, -0.15) is 0 Å². The number of nitrogens with one attached hydrogen (secondary N) is 3. The van der Waals surface area contributed by atoms with E-state index in [9.17, 15) is 4.79 Å². The fourth-order valence-corrected chi connectivity index (χ4v) is 2.95. The summed E-state index contributed by atoms with van der Waals surface area (Å²) in [5.41, 5.74) is 8.61. The zero-order valence-electron chi connectivity index (χ0n) is 13.4. The van der Waals surface area contributed by atoms with E-state index in [1.807, 2.05) is 18.2 Å². The number of oxazole rings is 1. The molecule has 6 nitrogen and oxygen atoms in total. The number of anilines is 1. The summed E-state index contributed by atoms with van der Waals surface area (Å²) in [6.45, 7) is 4.30. The highest BCUT2D eigenvalue weighted by Crippen LogP contribution is 2.40. The first kappa shape index (κ1) is 14.7. The predicted octanol–water partition coefficient (Wildman–Crippen LogP) is 2.53. The third-order valence-corrected chi connectivity index (χ3v) is 4.65. The molecule has 2 unspecified atom stereocenters. The minimum Gasteiger partial charge on any atom is -0.440 e. The number of aromatic nitrogens is 1. The quantitative estimate of drug-likeness (QED) is 0.808. The van der Waals surface area contributed by atoms with Gasteiger partial charge in [0.25, 0.3) is 0 Å².